The van der Waals surface area contributed by atoms with Crippen LogP contribution >= 0.6 is 0 Å². The van der Waals surface area contributed by atoms with Gasteiger partial charge in [0.1, 0.15) is 0 Å². The van der Waals surface area contributed by atoms with Gasteiger partial charge in [-0.2, -0.15) is 0 Å². The smallest absolute Gasteiger partial charge is 0.317 e. The molecular formula is C13H24N2O4. The topological polar surface area (TPSA) is 78.9 Å². The summed E-state index contributed by atoms with van der Waals surface area (Å²) in [4.78, 5) is 24.3. The molecule has 2 amide bonds. The van der Waals surface area contributed by atoms with E-state index in [9.17, 15) is 9.59 Å². The first kappa shape index (κ1) is 15.8. The van der Waals surface area contributed by atoms with Gasteiger partial charge in [0.05, 0.1) is 5.60 Å². The number of hydrogen-bond donors (Lipinski definition) is 2. The van der Waals surface area contributed by atoms with Gasteiger partial charge in [0.15, 0.2) is 0 Å². The number of methoxy groups -OCH3 is 1. The maximum absolute atomic E-state index is 11.9. The number of hydrogen-bond acceptors (Lipinski definition) is 3. The number of nitrogens with one attached hydrogen (secondary N) is 1. The van der Waals surface area contributed by atoms with Crippen LogP contribution in [0.3, 0.4) is 0 Å². The Kier molecular flexibility index (Phi) is 5.60. The lowest BCUT2D eigenvalue weighted by Crippen LogP contribution is -2.48. The number of carboxylic acids is 1. The molecule has 110 valence electrons. The van der Waals surface area contributed by atoms with Gasteiger partial charge in [-0.3, -0.25) is 4.79 Å². The van der Waals surface area contributed by atoms with Crippen LogP contribution in [-0.4, -0.2) is 54.4 Å². The van der Waals surface area contributed by atoms with E-state index in [1.807, 2.05) is 13.8 Å². The van der Waals surface area contributed by atoms with Crippen LogP contribution in [0.1, 0.15) is 33.1 Å². The fourth-order valence-corrected chi connectivity index (χ4v) is 2.06. The minimum atomic E-state index is -0.759. The number of piperidine rings is 1. The highest BCUT2D eigenvalue weighted by Crippen LogP contribution is 2.20. The third kappa shape index (κ3) is 5.46. The summed E-state index contributed by atoms with van der Waals surface area (Å²) in [5.41, 5.74) is -0.378. The molecule has 1 aliphatic heterocycles. The van der Waals surface area contributed by atoms with Crippen molar-refractivity contribution in [2.24, 2.45) is 5.92 Å². The van der Waals surface area contributed by atoms with E-state index in [1.54, 1.807) is 12.0 Å². The average Bonchev–Trinajstić information content (AvgIpc) is 2.36. The summed E-state index contributed by atoms with van der Waals surface area (Å²) in [6.45, 7) is 5.52. The number of carbonyl (C=O) groups is 2. The van der Waals surface area contributed by atoms with Crippen molar-refractivity contribution in [3.8, 4) is 0 Å². The zero-order valence-electron chi connectivity index (χ0n) is 11.9. The van der Waals surface area contributed by atoms with Crippen molar-refractivity contribution in [2.75, 3.05) is 26.7 Å². The van der Waals surface area contributed by atoms with Crippen LogP contribution in [0.25, 0.3) is 0 Å². The first-order chi connectivity index (χ1) is 8.84. The van der Waals surface area contributed by atoms with Gasteiger partial charge in [0.25, 0.3) is 0 Å². The SMILES string of the molecule is COC(C)(C)CNC(=O)N1CCC(CC(=O)O)CC1. The first-order valence-corrected chi connectivity index (χ1v) is 6.64. The van der Waals surface area contributed by atoms with Gasteiger partial charge in [0, 0.05) is 33.2 Å². The number of aliphatic carboxylic acids is 1. The van der Waals surface area contributed by atoms with E-state index >= 15 is 0 Å². The second-order valence-corrected chi connectivity index (χ2v) is 5.65. The maximum atomic E-state index is 11.9. The van der Waals surface area contributed by atoms with Crippen molar-refractivity contribution in [1.82, 2.24) is 10.2 Å². The van der Waals surface area contributed by atoms with Gasteiger partial charge >= 0.3 is 12.0 Å². The number of amides is 2. The van der Waals surface area contributed by atoms with Crippen LogP contribution in [0, 0.1) is 5.92 Å². The highest BCUT2D eigenvalue weighted by Gasteiger charge is 2.25. The highest BCUT2D eigenvalue weighted by molar-refractivity contribution is 5.74. The van der Waals surface area contributed by atoms with Crippen molar-refractivity contribution in [2.45, 2.75) is 38.7 Å². The summed E-state index contributed by atoms with van der Waals surface area (Å²) in [7, 11) is 1.61. The molecule has 2 N–H and O–H groups in total. The van der Waals surface area contributed by atoms with Crippen molar-refractivity contribution in [3.63, 3.8) is 0 Å². The van der Waals surface area contributed by atoms with Gasteiger partial charge in [0.2, 0.25) is 0 Å². The predicted octanol–water partition coefficient (Wildman–Crippen LogP) is 1.31. The number of carboxylic acid groups (broad SMARTS) is 1. The Bertz CT molecular complexity index is 323. The number of likely N-dealkylation sites (tertiary alicyclic amines) is 1. The van der Waals surface area contributed by atoms with Crippen LogP contribution in [0.5, 0.6) is 0 Å². The van der Waals surface area contributed by atoms with Gasteiger partial charge in [-0.1, -0.05) is 0 Å². The molecule has 0 aromatic rings. The monoisotopic (exact) mass is 272 g/mol. The zero-order chi connectivity index (χ0) is 14.5. The van der Waals surface area contributed by atoms with Gasteiger partial charge < -0.3 is 20.1 Å². The molecule has 0 aliphatic carbocycles. The van der Waals surface area contributed by atoms with E-state index in [2.05, 4.69) is 5.32 Å². The van der Waals surface area contributed by atoms with Crippen molar-refractivity contribution in [1.29, 1.82) is 0 Å². The number of rotatable bonds is 5. The molecule has 0 radical (unpaired) electrons. The van der Waals surface area contributed by atoms with E-state index < -0.39 is 5.97 Å². The van der Waals surface area contributed by atoms with Crippen LogP contribution in [0.15, 0.2) is 0 Å². The molecule has 0 aromatic heterocycles. The largest absolute Gasteiger partial charge is 0.481 e. The Morgan fingerprint density at radius 1 is 1.37 bits per heavy atom. The molecule has 0 bridgehead atoms. The molecule has 0 unspecified atom stereocenters. The number of carbonyl (C=O) groups excluding carboxylic acids is 1. The summed E-state index contributed by atoms with van der Waals surface area (Å²) < 4.78 is 5.24. The molecule has 6 nitrogen and oxygen atoms in total. The molecule has 1 rings (SSSR count). The third-order valence-electron chi connectivity index (χ3n) is 3.58. The zero-order valence-corrected chi connectivity index (χ0v) is 11.9. The third-order valence-corrected chi connectivity index (χ3v) is 3.58. The van der Waals surface area contributed by atoms with E-state index in [-0.39, 0.29) is 24.0 Å². The Labute approximate surface area is 114 Å². The minimum Gasteiger partial charge on any atom is -0.481 e. The van der Waals surface area contributed by atoms with E-state index in [0.717, 1.165) is 12.8 Å². The molecule has 1 fully saturated rings. The van der Waals surface area contributed by atoms with Crippen molar-refractivity contribution in [3.05, 3.63) is 0 Å². The fourth-order valence-electron chi connectivity index (χ4n) is 2.06. The summed E-state index contributed by atoms with van der Waals surface area (Å²) >= 11 is 0. The van der Waals surface area contributed by atoms with Crippen LogP contribution < -0.4 is 5.32 Å². The lowest BCUT2D eigenvalue weighted by atomic mass is 9.94. The van der Waals surface area contributed by atoms with Crippen LogP contribution in [-0.2, 0) is 9.53 Å². The second-order valence-electron chi connectivity index (χ2n) is 5.65. The van der Waals surface area contributed by atoms with E-state index in [1.165, 1.54) is 0 Å². The second kappa shape index (κ2) is 6.75. The summed E-state index contributed by atoms with van der Waals surface area (Å²) in [6, 6.07) is -0.0982. The van der Waals surface area contributed by atoms with Gasteiger partial charge in [-0.05, 0) is 32.6 Å². The summed E-state index contributed by atoms with van der Waals surface area (Å²) in [6.07, 6.45) is 1.72. The lowest BCUT2D eigenvalue weighted by molar-refractivity contribution is -0.138. The van der Waals surface area contributed by atoms with Crippen LogP contribution in [0.4, 0.5) is 4.79 Å². The number of ether oxygens (including phenoxy) is 1. The lowest BCUT2D eigenvalue weighted by Gasteiger charge is -2.32. The molecule has 1 saturated heterocycles. The minimum absolute atomic E-state index is 0.0982. The van der Waals surface area contributed by atoms with Gasteiger partial charge in [-0.15, -0.1) is 0 Å². The van der Waals surface area contributed by atoms with Gasteiger partial charge in [-0.25, -0.2) is 4.79 Å². The molecule has 1 aliphatic rings. The molecule has 1 heterocycles. The summed E-state index contributed by atoms with van der Waals surface area (Å²) in [5.74, 6) is -0.568. The van der Waals surface area contributed by atoms with Crippen molar-refractivity contribution >= 4 is 12.0 Å². The molecule has 19 heavy (non-hydrogen) atoms. The maximum Gasteiger partial charge on any atom is 0.317 e. The molecule has 0 atom stereocenters. The number of nitrogens with zero attached hydrogens (tertiary/aromatic N) is 1. The van der Waals surface area contributed by atoms with E-state index in [0.29, 0.717) is 19.6 Å². The Morgan fingerprint density at radius 3 is 2.42 bits per heavy atom. The molecule has 6 heteroatoms. The highest BCUT2D eigenvalue weighted by atomic mass is 16.5. The normalized spacial score (nSPS) is 17.3. The molecule has 0 saturated carbocycles. The van der Waals surface area contributed by atoms with E-state index in [4.69, 9.17) is 9.84 Å². The quantitative estimate of drug-likeness (QED) is 0.791. The predicted molar refractivity (Wildman–Crippen MR) is 71.0 cm³/mol. The Balaban J connectivity index is 2.31. The Hall–Kier alpha value is -1.30. The molecule has 0 aromatic carbocycles. The molecule has 0 spiro atoms. The standard InChI is InChI=1S/C13H24N2O4/c1-13(2,19-3)9-14-12(18)15-6-4-10(5-7-15)8-11(16)17/h10H,4-9H2,1-3H3,(H,14,18)(H,16,17). The summed E-state index contributed by atoms with van der Waals surface area (Å²) in [5, 5.41) is 11.6. The van der Waals surface area contributed by atoms with Crippen LogP contribution in [0.2, 0.25) is 0 Å². The number of urea groups is 1. The average molecular weight is 272 g/mol. The van der Waals surface area contributed by atoms with Crippen molar-refractivity contribution < 1.29 is 19.4 Å². The fraction of sp³-hybridized carbons (Fsp3) is 0.846. The Morgan fingerprint density at radius 2 is 1.95 bits per heavy atom. The first-order valence-electron chi connectivity index (χ1n) is 6.64. The molecular weight excluding hydrogens is 248 g/mol.